The number of nitrogens with one attached hydrogen (secondary N) is 7. The highest BCUT2D eigenvalue weighted by Crippen LogP contribution is 2.70. The third-order valence-electron chi connectivity index (χ3n) is 18.4. The van der Waals surface area contributed by atoms with Crippen molar-refractivity contribution in [2.75, 3.05) is 98.2 Å². The van der Waals surface area contributed by atoms with Crippen molar-refractivity contribution in [3.8, 4) is 0 Å². The van der Waals surface area contributed by atoms with Gasteiger partial charge >= 0.3 is 60.4 Å². The molecule has 4 aliphatic carbocycles. The first-order valence-corrected chi connectivity index (χ1v) is 31.1. The molecule has 97 heavy (non-hydrogen) atoms. The second-order valence-corrected chi connectivity index (χ2v) is 25.0. The predicted molar refractivity (Wildman–Crippen MR) is 314 cm³/mol. The third kappa shape index (κ3) is 24.7. The lowest BCUT2D eigenvalue weighted by Crippen LogP contribution is -2.52. The van der Waals surface area contributed by atoms with Gasteiger partial charge in [-0.1, -0.05) is 39.3 Å². The van der Waals surface area contributed by atoms with E-state index < -0.39 is 90.1 Å². The maximum Gasteiger partial charge on any atom is 0.490 e. The Bertz CT molecular complexity index is 2890. The lowest BCUT2D eigenvalue weighted by molar-refractivity contribution is -0.272. The molecular formula is C58H84F12N10O17. The number of carbonyl (C=O) groups is 8. The van der Waals surface area contributed by atoms with Crippen LogP contribution in [0.25, 0.3) is 0 Å². The Morgan fingerprint density at radius 1 is 0.680 bits per heavy atom. The highest BCUT2D eigenvalue weighted by atomic mass is 19.4. The molecule has 552 valence electrons. The SMILES string of the molecule is C[C@@H]1CC[C@@]2(OC1)O[C@H]1C[C@H]3[C@@H]4CC=C5C[C@@H](OC(=O)NCCNC(=O)CN(CCNC(=O)CN6CCNCCNCCNCC6)C(=O)Cn6ccc(=O)[nH]c6=O)CC[C@]5(C)[C@H]4CC[C@]3(C)[C@H]1[C@@H]2C.O=C(O)C(F)(F)F.O=C(O)C(F)(F)F.O=C(O)C(F)(F)F.O=C(O)C(F)(F)F. The van der Waals surface area contributed by atoms with Gasteiger partial charge in [0.2, 0.25) is 17.7 Å². The fourth-order valence-electron chi connectivity index (χ4n) is 13.7. The number of alkyl halides is 12. The third-order valence-corrected chi connectivity index (χ3v) is 18.4. The Balaban J connectivity index is 0.000000596. The first kappa shape index (κ1) is 82.3. The average molecular weight is 1420 g/mol. The van der Waals surface area contributed by atoms with Gasteiger partial charge in [0, 0.05) is 110 Å². The Kier molecular flexibility index (Phi) is 30.2. The average Bonchev–Trinajstić information content (AvgIpc) is 1.56. The van der Waals surface area contributed by atoms with E-state index in [1.54, 1.807) is 0 Å². The minimum Gasteiger partial charge on any atom is -0.475 e. The van der Waals surface area contributed by atoms with Crippen molar-refractivity contribution in [3.05, 3.63) is 44.8 Å². The number of ether oxygens (including phenoxy) is 3. The van der Waals surface area contributed by atoms with Gasteiger partial charge in [-0.05, 0) is 85.4 Å². The molecule has 39 heteroatoms. The van der Waals surface area contributed by atoms with E-state index in [-0.39, 0.29) is 68.2 Å². The number of halogens is 12. The standard InChI is InChI=1S/C50H80N10O9.4C2HF3O2/c1-33-7-13-50(67-32-33)34(2)45-40(69-50)28-39-37-6-5-35-27-36(8-11-48(35,3)38(37)9-12-49(39,45)4)68-47(66)56-19-18-54-43(63)30-59(44(64)31-60-23-10-41(61)57-46(60)65)26-22-55-42(62)29-58-24-20-52-16-14-51-15-17-53-21-25-58;4*3-2(4,5)1(6)7/h5,10,23,33-34,36-40,45,51-53H,6-9,11-22,24-32H2,1-4H3,(H,54,63)(H,55,62)(H,56,66)(H,57,61,65);4*(H,6,7)/t33-,34+,36+,37-,38+,39+,40+,45+,48+,49+,50-;;;;/m1..../s1. The molecular weight excluding hydrogens is 1340 g/mol. The molecule has 3 saturated carbocycles. The highest BCUT2D eigenvalue weighted by Gasteiger charge is 2.69. The van der Waals surface area contributed by atoms with Crippen LogP contribution in [-0.4, -0.2) is 228 Å². The van der Waals surface area contributed by atoms with Gasteiger partial charge in [-0.15, -0.1) is 0 Å². The minimum absolute atomic E-state index is 0.0000775. The number of alkyl carbamates (subject to hydrolysis) is 1. The molecule has 0 radical (unpaired) electrons. The Morgan fingerprint density at radius 3 is 1.72 bits per heavy atom. The van der Waals surface area contributed by atoms with Crippen LogP contribution in [0.4, 0.5) is 57.5 Å². The molecule has 3 aliphatic heterocycles. The number of aromatic nitrogens is 2. The van der Waals surface area contributed by atoms with Crippen LogP contribution < -0.4 is 43.1 Å². The Labute approximate surface area is 547 Å². The number of carbonyl (C=O) groups excluding carboxylic acids is 4. The molecule has 6 fully saturated rings. The number of fused-ring (bicyclic) bond motifs is 7. The van der Waals surface area contributed by atoms with E-state index in [1.165, 1.54) is 35.9 Å². The summed E-state index contributed by atoms with van der Waals surface area (Å²) in [6.07, 6.45) is -7.78. The van der Waals surface area contributed by atoms with Crippen LogP contribution in [0.2, 0.25) is 0 Å². The summed E-state index contributed by atoms with van der Waals surface area (Å²) in [5, 5.41) is 47.0. The zero-order valence-corrected chi connectivity index (χ0v) is 53.5. The summed E-state index contributed by atoms with van der Waals surface area (Å²) in [6, 6.07) is 1.14. The molecule has 4 amide bonds. The second-order valence-electron chi connectivity index (χ2n) is 25.0. The summed E-state index contributed by atoms with van der Waals surface area (Å²) >= 11 is 0. The van der Waals surface area contributed by atoms with E-state index >= 15 is 0 Å². The maximum atomic E-state index is 13.5. The minimum atomic E-state index is -5.08. The van der Waals surface area contributed by atoms with Crippen LogP contribution in [0, 0.1) is 46.3 Å². The summed E-state index contributed by atoms with van der Waals surface area (Å²) in [6.45, 7) is 16.5. The smallest absolute Gasteiger partial charge is 0.475 e. The van der Waals surface area contributed by atoms with E-state index in [2.05, 4.69) is 75.6 Å². The number of hydrogen-bond acceptors (Lipinski definition) is 17. The normalized spacial score (nSPS) is 28.1. The maximum absolute atomic E-state index is 13.5. The fraction of sp³-hybridized carbons (Fsp3) is 0.759. The molecule has 1 aromatic heterocycles. The summed E-state index contributed by atoms with van der Waals surface area (Å²) in [5.74, 6) is -9.27. The summed E-state index contributed by atoms with van der Waals surface area (Å²) < 4.78 is 147. The highest BCUT2D eigenvalue weighted by molar-refractivity contribution is 5.85. The van der Waals surface area contributed by atoms with E-state index in [0.29, 0.717) is 48.6 Å². The van der Waals surface area contributed by atoms with Gasteiger partial charge in [0.15, 0.2) is 5.79 Å². The first-order chi connectivity index (χ1) is 44.9. The van der Waals surface area contributed by atoms with Crippen molar-refractivity contribution in [1.82, 2.24) is 51.3 Å². The predicted octanol–water partition coefficient (Wildman–Crippen LogP) is 3.68. The Hall–Kier alpha value is -7.10. The van der Waals surface area contributed by atoms with Gasteiger partial charge in [-0.3, -0.25) is 33.6 Å². The molecule has 4 heterocycles. The van der Waals surface area contributed by atoms with E-state index in [9.17, 15) is 81.5 Å². The first-order valence-electron chi connectivity index (χ1n) is 31.1. The van der Waals surface area contributed by atoms with Crippen LogP contribution in [-0.2, 0) is 54.3 Å². The molecule has 7 aliphatic rings. The fourth-order valence-corrected chi connectivity index (χ4v) is 13.7. The second kappa shape index (κ2) is 35.6. The van der Waals surface area contributed by atoms with Crippen LogP contribution in [0.3, 0.4) is 0 Å². The number of amides is 4. The summed E-state index contributed by atoms with van der Waals surface area (Å²) in [5.41, 5.74) is 0.426. The van der Waals surface area contributed by atoms with Crippen molar-refractivity contribution < 1.29 is 126 Å². The number of allylic oxidation sites excluding steroid dienone is 1. The van der Waals surface area contributed by atoms with Crippen molar-refractivity contribution in [1.29, 1.82) is 0 Å². The number of aromatic amines is 1. The number of H-pyrrole nitrogens is 1. The zero-order valence-electron chi connectivity index (χ0n) is 53.5. The van der Waals surface area contributed by atoms with Gasteiger partial charge in [0.05, 0.1) is 25.8 Å². The van der Waals surface area contributed by atoms with Crippen LogP contribution in [0.15, 0.2) is 33.5 Å². The van der Waals surface area contributed by atoms with Gasteiger partial charge in [0.1, 0.15) is 12.6 Å². The summed E-state index contributed by atoms with van der Waals surface area (Å²) in [7, 11) is 0. The van der Waals surface area contributed by atoms with E-state index in [1.807, 2.05) is 0 Å². The van der Waals surface area contributed by atoms with E-state index in [0.717, 1.165) is 95.0 Å². The number of carboxylic acids is 4. The largest absolute Gasteiger partial charge is 0.490 e. The van der Waals surface area contributed by atoms with Crippen molar-refractivity contribution in [2.45, 2.75) is 135 Å². The lowest BCUT2D eigenvalue weighted by atomic mass is 9.47. The van der Waals surface area contributed by atoms with Gasteiger partial charge in [-0.25, -0.2) is 28.8 Å². The molecule has 27 nitrogen and oxygen atoms in total. The molecule has 1 aromatic rings. The number of nitrogens with zero attached hydrogens (tertiary/aromatic N) is 3. The van der Waals surface area contributed by atoms with Crippen LogP contribution >= 0.6 is 0 Å². The monoisotopic (exact) mass is 1420 g/mol. The lowest BCUT2D eigenvalue weighted by Gasteiger charge is -2.58. The molecule has 11 N–H and O–H groups in total. The van der Waals surface area contributed by atoms with Crippen LogP contribution in [0.5, 0.6) is 0 Å². The number of aliphatic carboxylic acids is 4. The Morgan fingerprint density at radius 2 is 1.21 bits per heavy atom. The molecule has 0 unspecified atom stereocenters. The molecule has 0 aromatic carbocycles. The van der Waals surface area contributed by atoms with Crippen molar-refractivity contribution in [3.63, 3.8) is 0 Å². The number of hydrogen-bond donors (Lipinski definition) is 11. The van der Waals surface area contributed by atoms with Crippen molar-refractivity contribution in [2.24, 2.45) is 46.3 Å². The molecule has 3 saturated heterocycles. The van der Waals surface area contributed by atoms with Gasteiger partial charge < -0.3 is 71.4 Å². The molecule has 0 bridgehead atoms. The van der Waals surface area contributed by atoms with E-state index in [4.69, 9.17) is 53.8 Å². The number of carboxylic acid groups (broad SMARTS) is 4. The quantitative estimate of drug-likeness (QED) is 0.0762. The van der Waals surface area contributed by atoms with Crippen molar-refractivity contribution >= 4 is 47.7 Å². The molecule has 1 spiro atoms. The molecule has 11 atom stereocenters. The number of rotatable bonds is 13. The molecule has 8 rings (SSSR count). The topological polar surface area (TPSA) is 379 Å². The van der Waals surface area contributed by atoms with Crippen LogP contribution in [0.1, 0.15) is 85.5 Å². The summed E-state index contributed by atoms with van der Waals surface area (Å²) in [4.78, 5) is 118. The van der Waals surface area contributed by atoms with Gasteiger partial charge in [0.25, 0.3) is 5.56 Å². The zero-order chi connectivity index (χ0) is 73.1. The van der Waals surface area contributed by atoms with Gasteiger partial charge in [-0.2, -0.15) is 52.7 Å².